The molecule has 0 spiro atoms. The summed E-state index contributed by atoms with van der Waals surface area (Å²) in [7, 11) is 1.57. The molecule has 3 nitrogen and oxygen atoms in total. The van der Waals surface area contributed by atoms with Gasteiger partial charge in [0.25, 0.3) is 0 Å². The van der Waals surface area contributed by atoms with Crippen LogP contribution in [0.25, 0.3) is 21.9 Å². The topological polar surface area (TPSA) is 42.4 Å². The van der Waals surface area contributed by atoms with Crippen molar-refractivity contribution in [1.29, 1.82) is 0 Å². The molecule has 0 aliphatic heterocycles. The lowest BCUT2D eigenvalue weighted by Gasteiger charge is -2.11. The molecule has 4 heteroatoms. The minimum Gasteiger partial charge on any atom is -0.507 e. The fourth-order valence-electron chi connectivity index (χ4n) is 2.41. The first-order valence-electron chi connectivity index (χ1n) is 6.54. The predicted molar refractivity (Wildman–Crippen MR) is 85.0 cm³/mol. The molecule has 0 aliphatic rings. The molecule has 0 amide bonds. The minimum atomic E-state index is 0.213. The Morgan fingerprint density at radius 1 is 1.14 bits per heavy atom. The predicted octanol–water partition coefficient (Wildman–Crippen LogP) is 4.35. The molecule has 0 atom stereocenters. The van der Waals surface area contributed by atoms with E-state index in [1.165, 1.54) is 0 Å². The quantitative estimate of drug-likeness (QED) is 0.731. The van der Waals surface area contributed by atoms with Crippen molar-refractivity contribution in [2.24, 2.45) is 0 Å². The Hall–Kier alpha value is -2.26. The summed E-state index contributed by atoms with van der Waals surface area (Å²) in [4.78, 5) is 4.33. The number of halogens is 1. The van der Waals surface area contributed by atoms with Crippen molar-refractivity contribution in [3.8, 4) is 22.8 Å². The number of aromatic nitrogens is 1. The van der Waals surface area contributed by atoms with Crippen LogP contribution in [0.4, 0.5) is 0 Å². The van der Waals surface area contributed by atoms with Crippen LogP contribution in [0.2, 0.25) is 0 Å². The van der Waals surface area contributed by atoms with Crippen LogP contribution in [0.3, 0.4) is 0 Å². The lowest BCUT2D eigenvalue weighted by Crippen LogP contribution is -1.92. The molecule has 0 saturated heterocycles. The van der Waals surface area contributed by atoms with Gasteiger partial charge in [-0.3, -0.25) is 0 Å². The molecule has 1 aromatic heterocycles. The Labute approximate surface area is 127 Å². The molecule has 1 heterocycles. The molecule has 0 fully saturated rings. The number of phenols is 1. The van der Waals surface area contributed by atoms with Gasteiger partial charge in [0, 0.05) is 28.4 Å². The molecule has 0 bridgehead atoms. The van der Waals surface area contributed by atoms with Gasteiger partial charge in [-0.05, 0) is 23.3 Å². The van der Waals surface area contributed by atoms with E-state index in [9.17, 15) is 5.11 Å². The monoisotopic (exact) mass is 299 g/mol. The number of alkyl halides is 1. The van der Waals surface area contributed by atoms with Crippen molar-refractivity contribution >= 4 is 22.4 Å². The van der Waals surface area contributed by atoms with Gasteiger partial charge in [-0.2, -0.15) is 0 Å². The van der Waals surface area contributed by atoms with Crippen molar-refractivity contribution in [2.75, 3.05) is 7.11 Å². The van der Waals surface area contributed by atoms with Gasteiger partial charge in [0.1, 0.15) is 5.75 Å². The third-order valence-electron chi connectivity index (χ3n) is 3.47. The summed E-state index contributed by atoms with van der Waals surface area (Å²) in [6, 6.07) is 13.2. The normalized spacial score (nSPS) is 10.8. The number of nitrogens with zero attached hydrogens (tertiary/aromatic N) is 1. The molecule has 0 radical (unpaired) electrons. The molecule has 1 N–H and O–H groups in total. The number of benzene rings is 2. The van der Waals surface area contributed by atoms with Crippen molar-refractivity contribution in [1.82, 2.24) is 4.98 Å². The molecule has 0 unspecified atom stereocenters. The first-order valence-corrected chi connectivity index (χ1v) is 7.08. The van der Waals surface area contributed by atoms with Gasteiger partial charge in [-0.1, -0.05) is 30.3 Å². The summed E-state index contributed by atoms with van der Waals surface area (Å²) in [5.74, 6) is 1.19. The number of hydrogen-bond donors (Lipinski definition) is 1. The van der Waals surface area contributed by atoms with E-state index in [0.29, 0.717) is 11.8 Å². The maximum Gasteiger partial charge on any atom is 0.221 e. The van der Waals surface area contributed by atoms with Crippen LogP contribution in [0.1, 0.15) is 5.56 Å². The molecule has 2 aromatic carbocycles. The Kier molecular flexibility index (Phi) is 3.67. The Bertz CT molecular complexity index is 785. The lowest BCUT2D eigenvalue weighted by molar-refractivity contribution is 0.403. The third-order valence-corrected chi connectivity index (χ3v) is 3.77. The average Bonchev–Trinajstić information content (AvgIpc) is 2.54. The number of fused-ring (bicyclic) bond motifs is 1. The molecule has 21 heavy (non-hydrogen) atoms. The second-order valence-corrected chi connectivity index (χ2v) is 4.98. The molecule has 0 saturated carbocycles. The smallest absolute Gasteiger partial charge is 0.221 e. The van der Waals surface area contributed by atoms with Gasteiger partial charge in [-0.15, -0.1) is 11.6 Å². The molecular formula is C17H14ClNO2. The van der Waals surface area contributed by atoms with Gasteiger partial charge in [0.2, 0.25) is 5.88 Å². The van der Waals surface area contributed by atoms with Crippen LogP contribution >= 0.6 is 11.6 Å². The Morgan fingerprint density at radius 2 is 1.90 bits per heavy atom. The molecule has 106 valence electrons. The number of hydrogen-bond acceptors (Lipinski definition) is 3. The summed E-state index contributed by atoms with van der Waals surface area (Å²) >= 11 is 5.82. The van der Waals surface area contributed by atoms with E-state index in [-0.39, 0.29) is 5.75 Å². The fraction of sp³-hybridized carbons (Fsp3) is 0.118. The van der Waals surface area contributed by atoms with Gasteiger partial charge in [-0.25, -0.2) is 4.98 Å². The van der Waals surface area contributed by atoms with Crippen LogP contribution in [-0.2, 0) is 5.88 Å². The van der Waals surface area contributed by atoms with E-state index in [2.05, 4.69) is 4.98 Å². The highest BCUT2D eigenvalue weighted by Gasteiger charge is 2.12. The van der Waals surface area contributed by atoms with Crippen molar-refractivity contribution in [3.63, 3.8) is 0 Å². The van der Waals surface area contributed by atoms with Crippen molar-refractivity contribution in [2.45, 2.75) is 5.88 Å². The van der Waals surface area contributed by atoms with E-state index < -0.39 is 0 Å². The first kappa shape index (κ1) is 13.7. The molecule has 3 aromatic rings. The third kappa shape index (κ3) is 2.41. The van der Waals surface area contributed by atoms with Crippen LogP contribution < -0.4 is 4.74 Å². The lowest BCUT2D eigenvalue weighted by atomic mass is 9.99. The van der Waals surface area contributed by atoms with Crippen molar-refractivity contribution in [3.05, 3.63) is 54.2 Å². The zero-order valence-electron chi connectivity index (χ0n) is 11.5. The van der Waals surface area contributed by atoms with E-state index >= 15 is 0 Å². The molecule has 3 rings (SSSR count). The van der Waals surface area contributed by atoms with Crippen molar-refractivity contribution < 1.29 is 9.84 Å². The summed E-state index contributed by atoms with van der Waals surface area (Å²) in [5, 5.41) is 11.8. The number of methoxy groups -OCH3 is 1. The second-order valence-electron chi connectivity index (χ2n) is 4.71. The van der Waals surface area contributed by atoms with Gasteiger partial charge in [0.05, 0.1) is 7.11 Å². The van der Waals surface area contributed by atoms with Crippen LogP contribution in [0.5, 0.6) is 11.6 Å². The fourth-order valence-corrected chi connectivity index (χ4v) is 2.59. The molecular weight excluding hydrogens is 286 g/mol. The van der Waals surface area contributed by atoms with Crippen LogP contribution in [-0.4, -0.2) is 17.2 Å². The van der Waals surface area contributed by atoms with Crippen LogP contribution in [0.15, 0.2) is 48.7 Å². The first-order chi connectivity index (χ1) is 10.2. The van der Waals surface area contributed by atoms with Gasteiger partial charge >= 0.3 is 0 Å². The zero-order valence-corrected chi connectivity index (χ0v) is 12.3. The maximum atomic E-state index is 10.2. The summed E-state index contributed by atoms with van der Waals surface area (Å²) < 4.78 is 5.27. The average molecular weight is 300 g/mol. The summed E-state index contributed by atoms with van der Waals surface area (Å²) in [5.41, 5.74) is 2.89. The largest absolute Gasteiger partial charge is 0.507 e. The number of pyridine rings is 1. The number of rotatable bonds is 3. The maximum absolute atomic E-state index is 10.2. The number of phenolic OH excluding ortho intramolecular Hbond substituents is 1. The number of aromatic hydroxyl groups is 1. The van der Waals surface area contributed by atoms with E-state index in [0.717, 1.165) is 27.5 Å². The highest BCUT2D eigenvalue weighted by atomic mass is 35.5. The SMILES string of the molecule is COc1ncc(-c2ccc(CCl)cc2)c2c(O)cccc12. The van der Waals surface area contributed by atoms with Gasteiger partial charge < -0.3 is 9.84 Å². The minimum absolute atomic E-state index is 0.213. The van der Waals surface area contributed by atoms with Gasteiger partial charge in [0.15, 0.2) is 0 Å². The molecule has 0 aliphatic carbocycles. The highest BCUT2D eigenvalue weighted by Crippen LogP contribution is 2.37. The zero-order chi connectivity index (χ0) is 14.8. The van der Waals surface area contributed by atoms with E-state index in [4.69, 9.17) is 16.3 Å². The van der Waals surface area contributed by atoms with E-state index in [1.54, 1.807) is 25.4 Å². The Balaban J connectivity index is 2.27. The number of ether oxygens (including phenoxy) is 1. The van der Waals surface area contributed by atoms with E-state index in [1.807, 2.05) is 30.3 Å². The standard InChI is InChI=1S/C17H14ClNO2/c1-21-17-13-3-2-4-15(20)16(13)14(10-19-17)12-7-5-11(9-18)6-8-12/h2-8,10,20H,9H2,1H3. The van der Waals surface area contributed by atoms with Crippen LogP contribution in [0, 0.1) is 0 Å². The highest BCUT2D eigenvalue weighted by molar-refractivity contribution is 6.17. The second kappa shape index (κ2) is 5.62. The Morgan fingerprint density at radius 3 is 2.57 bits per heavy atom. The summed E-state index contributed by atoms with van der Waals surface area (Å²) in [6.07, 6.45) is 1.72. The summed E-state index contributed by atoms with van der Waals surface area (Å²) in [6.45, 7) is 0.